The maximum Gasteiger partial charge on any atom is 0.409 e. The molecule has 13 heteroatoms. The Hall–Kier alpha value is -3.06. The van der Waals surface area contributed by atoms with E-state index in [4.69, 9.17) is 0 Å². The van der Waals surface area contributed by atoms with Crippen molar-refractivity contribution >= 4 is 35.4 Å². The molecule has 0 aromatic heterocycles. The van der Waals surface area contributed by atoms with Gasteiger partial charge >= 0.3 is 12.1 Å². The Balaban J connectivity index is -0.000000240. The minimum Gasteiger partial charge on any atom is -0.438 e. The molecule has 0 aliphatic rings. The van der Waals surface area contributed by atoms with Gasteiger partial charge in [-0.2, -0.15) is 0 Å². The zero-order valence-electron chi connectivity index (χ0n) is 20.8. The molecule has 0 rings (SSSR count). The van der Waals surface area contributed by atoms with E-state index in [1.807, 2.05) is 27.7 Å². The minimum absolute atomic E-state index is 0.0114. The van der Waals surface area contributed by atoms with Crippen LogP contribution >= 0.6 is 0 Å². The predicted octanol–water partition coefficient (Wildman–Crippen LogP) is 0.651. The van der Waals surface area contributed by atoms with Crippen LogP contribution in [-0.4, -0.2) is 76.5 Å². The summed E-state index contributed by atoms with van der Waals surface area (Å²) in [6.07, 6.45) is -1.36. The zero-order chi connectivity index (χ0) is 26.7. The van der Waals surface area contributed by atoms with Crippen molar-refractivity contribution in [2.24, 2.45) is 0 Å². The van der Waals surface area contributed by atoms with E-state index in [1.165, 1.54) is 28.1 Å². The Kier molecular flexibility index (Phi) is 32.7. The fraction of sp³-hybridized carbons (Fsp3) is 0.700. The molecule has 0 aliphatic carbocycles. The number of hydrogen-bond acceptors (Lipinski definition) is 10. The summed E-state index contributed by atoms with van der Waals surface area (Å²) in [5.74, 6) is -2.23. The Morgan fingerprint density at radius 3 is 1.52 bits per heavy atom. The van der Waals surface area contributed by atoms with Crippen LogP contribution in [0.2, 0.25) is 0 Å². The summed E-state index contributed by atoms with van der Waals surface area (Å²) in [5, 5.41) is 6.79. The standard InChI is InChI=1S/C10H16N2O6.C6H11NO4.2C2H6/c1-7(13)3-8(14)11-5-12-9(15)4-10(16)18-6-17-2;1-5(8)3-7-6(9)11-4-10-2;2*1-2/h3-6H2,1-2H3,(H,11,14)(H,12,15);3-4H2,1-2H3,(H,7,9);2*1-2H3. The number of nitrogens with one attached hydrogen (secondary N) is 3. The lowest BCUT2D eigenvalue weighted by Gasteiger charge is -2.06. The number of hydrogen-bond donors (Lipinski definition) is 3. The fourth-order valence-electron chi connectivity index (χ4n) is 1.26. The molecule has 0 spiro atoms. The number of Topliss-reactive ketones (excluding diaryl/α,β-unsaturated/α-hetero) is 2. The lowest BCUT2D eigenvalue weighted by molar-refractivity contribution is -0.155. The highest BCUT2D eigenvalue weighted by atomic mass is 16.7. The van der Waals surface area contributed by atoms with E-state index < -0.39 is 30.3 Å². The van der Waals surface area contributed by atoms with Crippen LogP contribution in [0.1, 0.15) is 54.4 Å². The maximum absolute atomic E-state index is 11.1. The van der Waals surface area contributed by atoms with E-state index in [1.54, 1.807) is 0 Å². The molecule has 0 atom stereocenters. The predicted molar refractivity (Wildman–Crippen MR) is 119 cm³/mol. The van der Waals surface area contributed by atoms with Crippen molar-refractivity contribution in [3.8, 4) is 0 Å². The minimum atomic E-state index is -0.732. The lowest BCUT2D eigenvalue weighted by atomic mass is 10.3. The van der Waals surface area contributed by atoms with Crippen molar-refractivity contribution in [2.45, 2.75) is 54.4 Å². The van der Waals surface area contributed by atoms with Gasteiger partial charge in [0.1, 0.15) is 18.0 Å². The van der Waals surface area contributed by atoms with Gasteiger partial charge in [0, 0.05) is 14.2 Å². The van der Waals surface area contributed by atoms with E-state index in [-0.39, 0.29) is 44.8 Å². The third-order valence-corrected chi connectivity index (χ3v) is 2.41. The number of esters is 1. The molecule has 0 saturated carbocycles. The number of methoxy groups -OCH3 is 2. The summed E-state index contributed by atoms with van der Waals surface area (Å²) < 4.78 is 17.8. The smallest absolute Gasteiger partial charge is 0.409 e. The van der Waals surface area contributed by atoms with E-state index in [0.717, 1.165) is 0 Å². The van der Waals surface area contributed by atoms with Crippen LogP contribution in [0.3, 0.4) is 0 Å². The van der Waals surface area contributed by atoms with Gasteiger partial charge in [-0.15, -0.1) is 0 Å². The first-order valence-electron chi connectivity index (χ1n) is 10.2. The van der Waals surface area contributed by atoms with Crippen LogP contribution in [0.5, 0.6) is 0 Å². The molecule has 194 valence electrons. The van der Waals surface area contributed by atoms with Gasteiger partial charge in [-0.05, 0) is 13.8 Å². The first-order chi connectivity index (χ1) is 15.6. The van der Waals surface area contributed by atoms with Gasteiger partial charge in [-0.1, -0.05) is 27.7 Å². The number of alkyl carbamates (subject to hydrolysis) is 1. The molecule has 13 nitrogen and oxygen atoms in total. The third kappa shape index (κ3) is 36.6. The topological polar surface area (TPSA) is 175 Å². The number of ether oxygens (including phenoxy) is 4. The molecule has 0 bridgehead atoms. The first kappa shape index (κ1) is 37.3. The highest BCUT2D eigenvalue weighted by Crippen LogP contribution is 1.87. The van der Waals surface area contributed by atoms with E-state index in [2.05, 4.69) is 34.9 Å². The molecule has 0 aromatic carbocycles. The van der Waals surface area contributed by atoms with Crippen molar-refractivity contribution in [1.82, 2.24) is 16.0 Å². The van der Waals surface area contributed by atoms with Crippen molar-refractivity contribution in [1.29, 1.82) is 0 Å². The molecule has 0 aromatic rings. The second-order valence-electron chi connectivity index (χ2n) is 5.25. The summed E-state index contributed by atoms with van der Waals surface area (Å²) in [6, 6.07) is 0. The Labute approximate surface area is 195 Å². The molecule has 0 aliphatic heterocycles. The first-order valence-corrected chi connectivity index (χ1v) is 10.2. The normalized spacial score (nSPS) is 8.48. The summed E-state index contributed by atoms with van der Waals surface area (Å²) in [5.41, 5.74) is 0. The van der Waals surface area contributed by atoms with Crippen LogP contribution < -0.4 is 16.0 Å². The fourth-order valence-corrected chi connectivity index (χ4v) is 1.26. The van der Waals surface area contributed by atoms with Crippen molar-refractivity contribution in [2.75, 3.05) is 41.0 Å². The van der Waals surface area contributed by atoms with Gasteiger partial charge in [0.05, 0.1) is 19.6 Å². The largest absolute Gasteiger partial charge is 0.438 e. The Morgan fingerprint density at radius 1 is 0.636 bits per heavy atom. The number of carbonyl (C=O) groups is 6. The summed E-state index contributed by atoms with van der Waals surface area (Å²) in [6.45, 7) is 10.2. The monoisotopic (exact) mass is 481 g/mol. The lowest BCUT2D eigenvalue weighted by Crippen LogP contribution is -2.38. The van der Waals surface area contributed by atoms with Crippen molar-refractivity contribution in [3.05, 3.63) is 0 Å². The summed E-state index contributed by atoms with van der Waals surface area (Å²) in [7, 11) is 2.75. The second-order valence-corrected chi connectivity index (χ2v) is 5.25. The van der Waals surface area contributed by atoms with Crippen LogP contribution in [0.4, 0.5) is 4.79 Å². The second kappa shape index (κ2) is 28.9. The van der Waals surface area contributed by atoms with Crippen LogP contribution in [0.15, 0.2) is 0 Å². The van der Waals surface area contributed by atoms with Gasteiger partial charge < -0.3 is 34.9 Å². The maximum atomic E-state index is 11.1. The molecule has 3 amide bonds. The van der Waals surface area contributed by atoms with Gasteiger partial charge in [0.25, 0.3) is 0 Å². The van der Waals surface area contributed by atoms with Gasteiger partial charge in [0.2, 0.25) is 11.8 Å². The van der Waals surface area contributed by atoms with Crippen molar-refractivity contribution in [3.63, 3.8) is 0 Å². The summed E-state index contributed by atoms with van der Waals surface area (Å²) in [4.78, 5) is 64.6. The van der Waals surface area contributed by atoms with Crippen LogP contribution in [0, 0.1) is 0 Å². The Bertz CT molecular complexity index is 568. The van der Waals surface area contributed by atoms with E-state index in [0.29, 0.717) is 0 Å². The average Bonchev–Trinajstić information content (AvgIpc) is 2.77. The molecule has 3 N–H and O–H groups in total. The van der Waals surface area contributed by atoms with Crippen LogP contribution in [-0.2, 0) is 42.9 Å². The molecule has 0 saturated heterocycles. The van der Waals surface area contributed by atoms with Gasteiger partial charge in [0.15, 0.2) is 13.6 Å². The molecule has 0 fully saturated rings. The third-order valence-electron chi connectivity index (χ3n) is 2.41. The SMILES string of the molecule is CC.CC.COCOC(=O)CC(=O)NCNC(=O)CC(C)=O.COCOC(=O)NCC(C)=O. The van der Waals surface area contributed by atoms with Gasteiger partial charge in [-0.3, -0.25) is 24.0 Å². The number of ketones is 2. The number of amides is 3. The molecular formula is C20H39N3O10. The van der Waals surface area contributed by atoms with E-state index in [9.17, 15) is 28.8 Å². The van der Waals surface area contributed by atoms with Crippen LogP contribution in [0.25, 0.3) is 0 Å². The highest BCUT2D eigenvalue weighted by Gasteiger charge is 2.10. The molecular weight excluding hydrogens is 442 g/mol. The van der Waals surface area contributed by atoms with Gasteiger partial charge in [-0.25, -0.2) is 4.79 Å². The van der Waals surface area contributed by atoms with Crippen molar-refractivity contribution < 1.29 is 47.7 Å². The molecule has 0 unspecified atom stereocenters. The molecule has 0 heterocycles. The highest BCUT2D eigenvalue weighted by molar-refractivity contribution is 5.97. The molecule has 0 radical (unpaired) electrons. The number of rotatable bonds is 12. The summed E-state index contributed by atoms with van der Waals surface area (Å²) >= 11 is 0. The quantitative estimate of drug-likeness (QED) is 0.204. The average molecular weight is 482 g/mol. The zero-order valence-corrected chi connectivity index (χ0v) is 20.8. The molecule has 33 heavy (non-hydrogen) atoms. The number of carbonyl (C=O) groups excluding carboxylic acids is 6. The van der Waals surface area contributed by atoms with E-state index >= 15 is 0 Å². The Morgan fingerprint density at radius 2 is 1.09 bits per heavy atom.